The number of rotatable bonds is 2. The fraction of sp³-hybridized carbons (Fsp3) is 1.00. The van der Waals surface area contributed by atoms with Crippen LogP contribution in [0.1, 0.15) is 26.7 Å². The molecule has 2 fully saturated rings. The van der Waals surface area contributed by atoms with Gasteiger partial charge in [0, 0.05) is 31.7 Å². The summed E-state index contributed by atoms with van der Waals surface area (Å²) in [4.78, 5) is 5.29. The van der Waals surface area contributed by atoms with E-state index < -0.39 is 0 Å². The lowest BCUT2D eigenvalue weighted by molar-refractivity contribution is 0.0348. The molecule has 2 aliphatic heterocycles. The zero-order chi connectivity index (χ0) is 11.5. The molecule has 2 heterocycles. The predicted molar refractivity (Wildman–Crippen MR) is 68.7 cm³/mol. The molecule has 2 rings (SSSR count). The van der Waals surface area contributed by atoms with Crippen LogP contribution in [0.5, 0.6) is 0 Å². The maximum absolute atomic E-state index is 3.46. The van der Waals surface area contributed by atoms with E-state index in [-0.39, 0.29) is 0 Å². The molecule has 94 valence electrons. The van der Waals surface area contributed by atoms with Crippen molar-refractivity contribution < 1.29 is 0 Å². The first-order valence-corrected chi connectivity index (χ1v) is 6.83. The van der Waals surface area contributed by atoms with Gasteiger partial charge in [-0.15, -0.1) is 0 Å². The molecule has 2 aliphatic rings. The summed E-state index contributed by atoms with van der Waals surface area (Å²) in [6.07, 6.45) is 2.68. The molecule has 16 heavy (non-hydrogen) atoms. The average Bonchev–Trinajstić information content (AvgIpc) is 2.30. The summed E-state index contributed by atoms with van der Waals surface area (Å²) in [5, 5.41) is 3.46. The van der Waals surface area contributed by atoms with Crippen LogP contribution in [0.25, 0.3) is 0 Å². The van der Waals surface area contributed by atoms with Gasteiger partial charge in [0.25, 0.3) is 0 Å². The summed E-state index contributed by atoms with van der Waals surface area (Å²) in [7, 11) is 2.28. The van der Waals surface area contributed by atoms with Crippen molar-refractivity contribution >= 4 is 0 Å². The van der Waals surface area contributed by atoms with E-state index in [4.69, 9.17) is 0 Å². The molecule has 0 spiro atoms. The smallest absolute Gasteiger partial charge is 0.0243 e. The number of piperidine rings is 1. The van der Waals surface area contributed by atoms with E-state index in [1.807, 2.05) is 0 Å². The molecule has 3 heteroatoms. The summed E-state index contributed by atoms with van der Waals surface area (Å²) >= 11 is 0. The molecule has 3 nitrogen and oxygen atoms in total. The third kappa shape index (κ3) is 2.76. The second-order valence-electron chi connectivity index (χ2n) is 5.77. The van der Waals surface area contributed by atoms with Crippen molar-refractivity contribution in [1.29, 1.82) is 0 Å². The van der Waals surface area contributed by atoms with E-state index >= 15 is 0 Å². The SMILES string of the molecule is CC(C)C1CN(C2CCNCC2)CCN1C. The minimum absolute atomic E-state index is 0.753. The summed E-state index contributed by atoms with van der Waals surface area (Å²) in [6, 6.07) is 1.60. The first-order valence-electron chi connectivity index (χ1n) is 6.83. The van der Waals surface area contributed by atoms with E-state index in [0.29, 0.717) is 0 Å². The minimum atomic E-state index is 0.753. The highest BCUT2D eigenvalue weighted by Gasteiger charge is 2.30. The van der Waals surface area contributed by atoms with Gasteiger partial charge in [-0.05, 0) is 38.9 Å². The Morgan fingerprint density at radius 1 is 1.12 bits per heavy atom. The minimum Gasteiger partial charge on any atom is -0.317 e. The molecule has 0 radical (unpaired) electrons. The fourth-order valence-electron chi connectivity index (χ4n) is 3.15. The van der Waals surface area contributed by atoms with Crippen LogP contribution in [0.3, 0.4) is 0 Å². The van der Waals surface area contributed by atoms with Crippen LogP contribution in [0.15, 0.2) is 0 Å². The zero-order valence-electron chi connectivity index (χ0n) is 11.1. The van der Waals surface area contributed by atoms with E-state index in [1.54, 1.807) is 0 Å². The Morgan fingerprint density at radius 2 is 1.81 bits per heavy atom. The Hall–Kier alpha value is -0.120. The largest absolute Gasteiger partial charge is 0.317 e. The van der Waals surface area contributed by atoms with Gasteiger partial charge in [-0.25, -0.2) is 0 Å². The normalized spacial score (nSPS) is 31.1. The van der Waals surface area contributed by atoms with Gasteiger partial charge in [-0.2, -0.15) is 0 Å². The van der Waals surface area contributed by atoms with Gasteiger partial charge in [-0.3, -0.25) is 4.90 Å². The van der Waals surface area contributed by atoms with Crippen LogP contribution >= 0.6 is 0 Å². The van der Waals surface area contributed by atoms with Gasteiger partial charge < -0.3 is 10.2 Å². The zero-order valence-corrected chi connectivity index (χ0v) is 11.1. The first kappa shape index (κ1) is 12.3. The van der Waals surface area contributed by atoms with Crippen molar-refractivity contribution in [2.24, 2.45) is 5.92 Å². The summed E-state index contributed by atoms with van der Waals surface area (Å²) in [5.41, 5.74) is 0. The highest BCUT2D eigenvalue weighted by Crippen LogP contribution is 2.20. The Bertz CT molecular complexity index is 211. The van der Waals surface area contributed by atoms with Crippen molar-refractivity contribution in [3.05, 3.63) is 0 Å². The third-order valence-corrected chi connectivity index (χ3v) is 4.32. The Morgan fingerprint density at radius 3 is 2.44 bits per heavy atom. The predicted octanol–water partition coefficient (Wildman–Crippen LogP) is 1.01. The van der Waals surface area contributed by atoms with Gasteiger partial charge in [0.1, 0.15) is 0 Å². The van der Waals surface area contributed by atoms with Crippen LogP contribution in [0.4, 0.5) is 0 Å². The average molecular weight is 225 g/mol. The molecule has 1 N–H and O–H groups in total. The number of likely N-dealkylation sites (N-methyl/N-ethyl adjacent to an activating group) is 1. The van der Waals surface area contributed by atoms with E-state index in [2.05, 4.69) is 36.0 Å². The summed E-state index contributed by atoms with van der Waals surface area (Å²) < 4.78 is 0. The molecule has 0 aromatic carbocycles. The van der Waals surface area contributed by atoms with Crippen LogP contribution in [0.2, 0.25) is 0 Å². The fourth-order valence-corrected chi connectivity index (χ4v) is 3.15. The maximum Gasteiger partial charge on any atom is 0.0243 e. The molecule has 0 aromatic rings. The molecule has 0 bridgehead atoms. The molecule has 0 amide bonds. The molecule has 1 atom stereocenters. The second kappa shape index (κ2) is 5.48. The molecule has 0 aliphatic carbocycles. The van der Waals surface area contributed by atoms with Crippen molar-refractivity contribution in [1.82, 2.24) is 15.1 Å². The standard InChI is InChI=1S/C13H27N3/c1-11(2)13-10-16(9-8-15(13)3)12-4-6-14-7-5-12/h11-14H,4-10H2,1-3H3. The van der Waals surface area contributed by atoms with Crippen LogP contribution in [-0.2, 0) is 0 Å². The Labute approximate surface area is 100 Å². The molecule has 0 saturated carbocycles. The molecular formula is C13H27N3. The Kier molecular flexibility index (Phi) is 4.22. The van der Waals surface area contributed by atoms with Gasteiger partial charge in [0.15, 0.2) is 0 Å². The molecule has 1 unspecified atom stereocenters. The third-order valence-electron chi connectivity index (χ3n) is 4.32. The second-order valence-corrected chi connectivity index (χ2v) is 5.77. The number of nitrogens with one attached hydrogen (secondary N) is 1. The number of hydrogen-bond donors (Lipinski definition) is 1. The number of piperazine rings is 1. The monoisotopic (exact) mass is 225 g/mol. The number of hydrogen-bond acceptors (Lipinski definition) is 3. The highest BCUT2D eigenvalue weighted by atomic mass is 15.3. The molecule has 0 aromatic heterocycles. The van der Waals surface area contributed by atoms with Gasteiger partial charge in [0.05, 0.1) is 0 Å². The summed E-state index contributed by atoms with van der Waals surface area (Å²) in [6.45, 7) is 10.9. The molecule has 2 saturated heterocycles. The lowest BCUT2D eigenvalue weighted by atomic mass is 9.97. The Balaban J connectivity index is 1.91. The van der Waals surface area contributed by atoms with Gasteiger partial charge in [0.2, 0.25) is 0 Å². The van der Waals surface area contributed by atoms with Crippen molar-refractivity contribution in [3.8, 4) is 0 Å². The summed E-state index contributed by atoms with van der Waals surface area (Å²) in [5.74, 6) is 0.773. The number of nitrogens with zero attached hydrogens (tertiary/aromatic N) is 2. The van der Waals surface area contributed by atoms with E-state index in [1.165, 1.54) is 45.6 Å². The van der Waals surface area contributed by atoms with Gasteiger partial charge >= 0.3 is 0 Å². The van der Waals surface area contributed by atoms with Crippen LogP contribution < -0.4 is 5.32 Å². The lowest BCUT2D eigenvalue weighted by Crippen LogP contribution is -2.57. The quantitative estimate of drug-likeness (QED) is 0.757. The van der Waals surface area contributed by atoms with Crippen molar-refractivity contribution in [2.45, 2.75) is 38.8 Å². The lowest BCUT2D eigenvalue weighted by Gasteiger charge is -2.45. The van der Waals surface area contributed by atoms with Gasteiger partial charge in [-0.1, -0.05) is 13.8 Å². The van der Waals surface area contributed by atoms with Crippen LogP contribution in [0, 0.1) is 5.92 Å². The first-order chi connectivity index (χ1) is 7.68. The van der Waals surface area contributed by atoms with Crippen molar-refractivity contribution in [3.63, 3.8) is 0 Å². The highest BCUT2D eigenvalue weighted by molar-refractivity contribution is 4.87. The molecular weight excluding hydrogens is 198 g/mol. The van der Waals surface area contributed by atoms with Crippen LogP contribution in [-0.4, -0.2) is 61.7 Å². The van der Waals surface area contributed by atoms with E-state index in [0.717, 1.165) is 18.0 Å². The maximum atomic E-state index is 3.46. The van der Waals surface area contributed by atoms with Crippen molar-refractivity contribution in [2.75, 3.05) is 39.8 Å². The topological polar surface area (TPSA) is 18.5 Å². The van der Waals surface area contributed by atoms with E-state index in [9.17, 15) is 0 Å².